The van der Waals surface area contributed by atoms with E-state index in [9.17, 15) is 13.2 Å². The average Bonchev–Trinajstić information content (AvgIpc) is 3.25. The van der Waals surface area contributed by atoms with Crippen molar-refractivity contribution >= 4 is 21.6 Å². The van der Waals surface area contributed by atoms with Crippen molar-refractivity contribution in [3.05, 3.63) is 77.7 Å². The lowest BCUT2D eigenvalue weighted by molar-refractivity contribution is 0.102. The first-order valence-corrected chi connectivity index (χ1v) is 11.2. The van der Waals surface area contributed by atoms with Gasteiger partial charge in [-0.3, -0.25) is 4.79 Å². The van der Waals surface area contributed by atoms with Gasteiger partial charge in [0.05, 0.1) is 30.5 Å². The van der Waals surface area contributed by atoms with Crippen molar-refractivity contribution in [3.8, 4) is 5.75 Å². The Hall–Kier alpha value is -3.10. The molecule has 7 nitrogen and oxygen atoms in total. The normalized spacial score (nSPS) is 11.9. The van der Waals surface area contributed by atoms with Crippen molar-refractivity contribution in [2.45, 2.75) is 37.6 Å². The topological polar surface area (TPSA) is 97.6 Å². The molecule has 0 radical (unpaired) electrons. The van der Waals surface area contributed by atoms with E-state index in [4.69, 9.17) is 9.15 Å². The molecule has 2 N–H and O–H groups in total. The fraction of sp³-hybridized carbons (Fsp3) is 0.261. The van der Waals surface area contributed by atoms with Gasteiger partial charge < -0.3 is 14.5 Å². The maximum Gasteiger partial charge on any atom is 0.255 e. The molecule has 0 saturated heterocycles. The molecule has 0 spiro atoms. The van der Waals surface area contributed by atoms with Gasteiger partial charge in [0.25, 0.3) is 5.91 Å². The molecule has 3 rings (SSSR count). The van der Waals surface area contributed by atoms with Gasteiger partial charge in [-0.15, -0.1) is 0 Å². The number of hydrogen-bond acceptors (Lipinski definition) is 5. The zero-order valence-corrected chi connectivity index (χ0v) is 18.7. The number of sulfonamides is 1. The Morgan fingerprint density at radius 2 is 1.77 bits per heavy atom. The largest absolute Gasteiger partial charge is 0.495 e. The van der Waals surface area contributed by atoms with E-state index in [2.05, 4.69) is 30.8 Å². The summed E-state index contributed by atoms with van der Waals surface area (Å²) in [4.78, 5) is 12.8. The number of ether oxygens (including phenoxy) is 1. The molecule has 0 aliphatic heterocycles. The molecular weight excluding hydrogens is 416 g/mol. The molecule has 1 amide bonds. The first-order valence-electron chi connectivity index (χ1n) is 9.72. The van der Waals surface area contributed by atoms with Gasteiger partial charge in [-0.2, -0.15) is 0 Å². The number of furan rings is 1. The third-order valence-electron chi connectivity index (χ3n) is 4.76. The lowest BCUT2D eigenvalue weighted by Gasteiger charge is -2.21. The highest BCUT2D eigenvalue weighted by Gasteiger charge is 2.19. The number of rotatable bonds is 7. The van der Waals surface area contributed by atoms with Crippen LogP contribution in [0.1, 0.15) is 42.5 Å². The van der Waals surface area contributed by atoms with E-state index in [1.807, 2.05) is 18.2 Å². The van der Waals surface area contributed by atoms with Crippen molar-refractivity contribution in [2.24, 2.45) is 0 Å². The van der Waals surface area contributed by atoms with E-state index in [0.29, 0.717) is 22.8 Å². The van der Waals surface area contributed by atoms with Crippen LogP contribution < -0.4 is 14.8 Å². The van der Waals surface area contributed by atoms with Crippen LogP contribution in [0.2, 0.25) is 0 Å². The van der Waals surface area contributed by atoms with Gasteiger partial charge in [0.15, 0.2) is 0 Å². The van der Waals surface area contributed by atoms with Gasteiger partial charge in [-0.25, -0.2) is 13.1 Å². The molecule has 0 fully saturated rings. The van der Waals surface area contributed by atoms with Crippen LogP contribution in [0.4, 0.5) is 5.69 Å². The minimum atomic E-state index is -3.73. The number of benzene rings is 2. The lowest BCUT2D eigenvalue weighted by atomic mass is 9.87. The Labute approximate surface area is 182 Å². The van der Waals surface area contributed by atoms with Crippen molar-refractivity contribution < 1.29 is 22.4 Å². The number of anilines is 1. The van der Waals surface area contributed by atoms with Crippen LogP contribution in [-0.2, 0) is 22.0 Å². The molecular formula is C23H26N2O5S. The summed E-state index contributed by atoms with van der Waals surface area (Å²) in [6.07, 6.45) is 1.48. The monoisotopic (exact) mass is 442 g/mol. The highest BCUT2D eigenvalue weighted by atomic mass is 32.2. The molecule has 2 aromatic carbocycles. The number of nitrogens with one attached hydrogen (secondary N) is 2. The summed E-state index contributed by atoms with van der Waals surface area (Å²) >= 11 is 0. The minimum Gasteiger partial charge on any atom is -0.495 e. The highest BCUT2D eigenvalue weighted by molar-refractivity contribution is 7.89. The maximum absolute atomic E-state index is 12.7. The zero-order valence-electron chi connectivity index (χ0n) is 17.9. The average molecular weight is 443 g/mol. The molecule has 1 aromatic heterocycles. The van der Waals surface area contributed by atoms with E-state index >= 15 is 0 Å². The van der Waals surface area contributed by atoms with Crippen LogP contribution in [0.25, 0.3) is 0 Å². The first kappa shape index (κ1) is 22.6. The Kier molecular flexibility index (Phi) is 6.52. The molecule has 1 heterocycles. The van der Waals surface area contributed by atoms with Gasteiger partial charge >= 0.3 is 0 Å². The number of hydrogen-bond donors (Lipinski definition) is 2. The predicted molar refractivity (Wildman–Crippen MR) is 119 cm³/mol. The number of methoxy groups -OCH3 is 1. The zero-order chi connectivity index (χ0) is 22.6. The van der Waals surface area contributed by atoms with E-state index in [-0.39, 0.29) is 22.8 Å². The van der Waals surface area contributed by atoms with Crippen LogP contribution in [0.3, 0.4) is 0 Å². The molecule has 8 heteroatoms. The maximum atomic E-state index is 12.7. The lowest BCUT2D eigenvalue weighted by Crippen LogP contribution is -2.23. The fourth-order valence-corrected chi connectivity index (χ4v) is 3.91. The summed E-state index contributed by atoms with van der Waals surface area (Å²) in [6, 6.07) is 14.7. The first-order chi connectivity index (χ1) is 14.6. The summed E-state index contributed by atoms with van der Waals surface area (Å²) in [5, 5.41) is 2.85. The standard InChI is InChI=1S/C23H26N2O5S/c1-23(2,3)17-9-12-21(29-4)20(14-17)25-22(26)16-7-10-19(11-8-16)31(27,28)24-15-18-6-5-13-30-18/h5-14,24H,15H2,1-4H3,(H,25,26). The third-order valence-corrected chi connectivity index (χ3v) is 6.17. The smallest absolute Gasteiger partial charge is 0.255 e. The summed E-state index contributed by atoms with van der Waals surface area (Å²) < 4.78 is 37.8. The van der Waals surface area contributed by atoms with Gasteiger partial charge in [-0.05, 0) is 59.5 Å². The summed E-state index contributed by atoms with van der Waals surface area (Å²) in [5.41, 5.74) is 1.84. The van der Waals surface area contributed by atoms with Crippen LogP contribution >= 0.6 is 0 Å². The molecule has 0 aliphatic carbocycles. The van der Waals surface area contributed by atoms with E-state index < -0.39 is 10.0 Å². The molecule has 164 valence electrons. The second-order valence-electron chi connectivity index (χ2n) is 8.05. The fourth-order valence-electron chi connectivity index (χ4n) is 2.91. The molecule has 0 unspecified atom stereocenters. The van der Waals surface area contributed by atoms with Crippen LogP contribution in [0.15, 0.2) is 70.2 Å². The number of carbonyl (C=O) groups is 1. The molecule has 31 heavy (non-hydrogen) atoms. The Balaban J connectivity index is 1.75. The second kappa shape index (κ2) is 8.95. The Bertz CT molecular complexity index is 1150. The van der Waals surface area contributed by atoms with Crippen molar-refractivity contribution in [1.82, 2.24) is 4.72 Å². The van der Waals surface area contributed by atoms with Crippen molar-refractivity contribution in [1.29, 1.82) is 0 Å². The van der Waals surface area contributed by atoms with Gasteiger partial charge in [0, 0.05) is 5.56 Å². The van der Waals surface area contributed by atoms with Crippen molar-refractivity contribution in [3.63, 3.8) is 0 Å². The van der Waals surface area contributed by atoms with Crippen LogP contribution in [0.5, 0.6) is 5.75 Å². The molecule has 0 bridgehead atoms. The molecule has 0 atom stereocenters. The molecule has 0 aliphatic rings. The van der Waals surface area contributed by atoms with Crippen LogP contribution in [-0.4, -0.2) is 21.4 Å². The van der Waals surface area contributed by atoms with Crippen molar-refractivity contribution in [2.75, 3.05) is 12.4 Å². The summed E-state index contributed by atoms with van der Waals surface area (Å²) in [5.74, 6) is 0.686. The summed E-state index contributed by atoms with van der Waals surface area (Å²) in [7, 11) is -2.19. The Morgan fingerprint density at radius 1 is 1.06 bits per heavy atom. The van der Waals surface area contributed by atoms with E-state index in [1.165, 1.54) is 37.6 Å². The van der Waals surface area contributed by atoms with Gasteiger partial charge in [0.1, 0.15) is 11.5 Å². The van der Waals surface area contributed by atoms with Gasteiger partial charge in [-0.1, -0.05) is 26.8 Å². The predicted octanol–water partition coefficient (Wildman–Crippen LogP) is 4.32. The minimum absolute atomic E-state index is 0.0431. The van der Waals surface area contributed by atoms with E-state index in [0.717, 1.165) is 5.56 Å². The molecule has 3 aromatic rings. The van der Waals surface area contributed by atoms with Crippen LogP contribution in [0, 0.1) is 0 Å². The number of carbonyl (C=O) groups excluding carboxylic acids is 1. The second-order valence-corrected chi connectivity index (χ2v) is 9.81. The Morgan fingerprint density at radius 3 is 2.35 bits per heavy atom. The SMILES string of the molecule is COc1ccc(C(C)(C)C)cc1NC(=O)c1ccc(S(=O)(=O)NCc2ccco2)cc1. The van der Waals surface area contributed by atoms with E-state index in [1.54, 1.807) is 12.1 Å². The molecule has 0 saturated carbocycles. The third kappa shape index (κ3) is 5.53. The number of amides is 1. The quantitative estimate of drug-likeness (QED) is 0.568. The van der Waals surface area contributed by atoms with Gasteiger partial charge in [0.2, 0.25) is 10.0 Å². The highest BCUT2D eigenvalue weighted by Crippen LogP contribution is 2.31. The summed E-state index contributed by atoms with van der Waals surface area (Å²) in [6.45, 7) is 6.29.